The predicted molar refractivity (Wildman–Crippen MR) is 49.5 cm³/mol. The summed E-state index contributed by atoms with van der Waals surface area (Å²) >= 11 is 0. The van der Waals surface area contributed by atoms with Gasteiger partial charge in [-0.15, -0.1) is 0 Å². The van der Waals surface area contributed by atoms with Crippen LogP contribution in [-0.2, 0) is 14.3 Å². The third-order valence-corrected chi connectivity index (χ3v) is 4.40. The first kappa shape index (κ1) is 8.72. The average molecular weight is 196 g/mol. The Morgan fingerprint density at radius 3 is 2.86 bits per heavy atom. The number of ether oxygens (including phenoxy) is 2. The monoisotopic (exact) mass is 196 g/mol. The standard InChI is InChI=1S/C11H16O3/c1-5-7-3-8-9(5)4-13-10(8)11(7)14-6(2)12/h5,7-11H,3-4H2,1-2H3. The van der Waals surface area contributed by atoms with Gasteiger partial charge in [0.25, 0.3) is 0 Å². The SMILES string of the molecule is CC(=O)OC1C2CC3C(COC31)C2C. The summed E-state index contributed by atoms with van der Waals surface area (Å²) in [5, 5.41) is 0. The minimum atomic E-state index is -0.165. The Labute approximate surface area is 83.8 Å². The van der Waals surface area contributed by atoms with Crippen LogP contribution in [0, 0.1) is 23.7 Å². The fraction of sp³-hybridized carbons (Fsp3) is 0.909. The minimum absolute atomic E-state index is 0.0475. The number of hydrogen-bond acceptors (Lipinski definition) is 3. The van der Waals surface area contributed by atoms with Crippen molar-refractivity contribution in [3.05, 3.63) is 0 Å². The van der Waals surface area contributed by atoms with E-state index < -0.39 is 0 Å². The van der Waals surface area contributed by atoms with Crippen LogP contribution in [0.25, 0.3) is 0 Å². The molecule has 1 aliphatic heterocycles. The normalized spacial score (nSPS) is 53.9. The third-order valence-electron chi connectivity index (χ3n) is 4.40. The zero-order chi connectivity index (χ0) is 9.87. The number of hydrogen-bond donors (Lipinski definition) is 0. The summed E-state index contributed by atoms with van der Waals surface area (Å²) in [4.78, 5) is 11.0. The average Bonchev–Trinajstić information content (AvgIpc) is 2.67. The molecular formula is C11H16O3. The molecule has 0 spiro atoms. The van der Waals surface area contributed by atoms with Gasteiger partial charge in [0.15, 0.2) is 0 Å². The van der Waals surface area contributed by atoms with Gasteiger partial charge in [-0.3, -0.25) is 4.79 Å². The van der Waals surface area contributed by atoms with Crippen LogP contribution in [0.1, 0.15) is 20.3 Å². The van der Waals surface area contributed by atoms with Crippen LogP contribution in [0.3, 0.4) is 0 Å². The lowest BCUT2D eigenvalue weighted by atomic mass is 9.80. The molecule has 0 radical (unpaired) electrons. The second-order valence-electron chi connectivity index (χ2n) is 4.96. The first-order valence-electron chi connectivity index (χ1n) is 5.47. The highest BCUT2D eigenvalue weighted by Crippen LogP contribution is 2.57. The van der Waals surface area contributed by atoms with E-state index in [1.165, 1.54) is 13.3 Å². The van der Waals surface area contributed by atoms with Gasteiger partial charge in [-0.05, 0) is 24.2 Å². The van der Waals surface area contributed by atoms with Gasteiger partial charge in [0.05, 0.1) is 12.7 Å². The van der Waals surface area contributed by atoms with Gasteiger partial charge in [-0.1, -0.05) is 6.92 Å². The molecule has 2 bridgehead atoms. The summed E-state index contributed by atoms with van der Waals surface area (Å²) in [6.07, 6.45) is 1.46. The molecule has 6 atom stereocenters. The van der Waals surface area contributed by atoms with Crippen molar-refractivity contribution in [3.8, 4) is 0 Å². The highest BCUT2D eigenvalue weighted by molar-refractivity contribution is 5.66. The van der Waals surface area contributed by atoms with Crippen molar-refractivity contribution < 1.29 is 14.3 Å². The maximum absolute atomic E-state index is 11.0. The van der Waals surface area contributed by atoms with Crippen molar-refractivity contribution in [3.63, 3.8) is 0 Å². The van der Waals surface area contributed by atoms with E-state index in [1.54, 1.807) is 0 Å². The third kappa shape index (κ3) is 0.937. The van der Waals surface area contributed by atoms with Gasteiger partial charge in [0, 0.05) is 12.8 Å². The zero-order valence-electron chi connectivity index (χ0n) is 8.60. The lowest BCUT2D eigenvalue weighted by Crippen LogP contribution is -2.39. The van der Waals surface area contributed by atoms with Crippen LogP contribution in [-0.4, -0.2) is 24.8 Å². The fourth-order valence-corrected chi connectivity index (χ4v) is 3.77. The van der Waals surface area contributed by atoms with E-state index in [1.807, 2.05) is 0 Å². The molecule has 0 aromatic heterocycles. The van der Waals surface area contributed by atoms with Gasteiger partial charge in [0.2, 0.25) is 0 Å². The molecule has 0 aromatic rings. The van der Waals surface area contributed by atoms with Crippen LogP contribution in [0.4, 0.5) is 0 Å². The van der Waals surface area contributed by atoms with Gasteiger partial charge < -0.3 is 9.47 Å². The Balaban J connectivity index is 1.85. The van der Waals surface area contributed by atoms with Crippen LogP contribution >= 0.6 is 0 Å². The highest BCUT2D eigenvalue weighted by Gasteiger charge is 2.62. The van der Waals surface area contributed by atoms with Crippen molar-refractivity contribution in [1.82, 2.24) is 0 Å². The molecule has 1 saturated heterocycles. The molecule has 0 N–H and O–H groups in total. The highest BCUT2D eigenvalue weighted by atomic mass is 16.6. The van der Waals surface area contributed by atoms with Crippen molar-refractivity contribution in [2.75, 3.05) is 6.61 Å². The van der Waals surface area contributed by atoms with E-state index in [-0.39, 0.29) is 18.2 Å². The van der Waals surface area contributed by atoms with Crippen LogP contribution < -0.4 is 0 Å². The molecular weight excluding hydrogens is 180 g/mol. The number of carbonyl (C=O) groups excluding carboxylic acids is 1. The summed E-state index contributed by atoms with van der Waals surface area (Å²) in [5.41, 5.74) is 0. The van der Waals surface area contributed by atoms with Gasteiger partial charge in [0.1, 0.15) is 6.10 Å². The first-order chi connectivity index (χ1) is 6.68. The Morgan fingerprint density at radius 2 is 2.14 bits per heavy atom. The molecule has 3 rings (SSSR count). The molecule has 3 aliphatic rings. The van der Waals surface area contributed by atoms with Crippen molar-refractivity contribution in [2.24, 2.45) is 23.7 Å². The summed E-state index contributed by atoms with van der Waals surface area (Å²) in [7, 11) is 0. The van der Waals surface area contributed by atoms with Crippen molar-refractivity contribution in [1.29, 1.82) is 0 Å². The molecule has 0 aromatic carbocycles. The molecule has 2 aliphatic carbocycles. The largest absolute Gasteiger partial charge is 0.459 e. The van der Waals surface area contributed by atoms with Crippen molar-refractivity contribution in [2.45, 2.75) is 32.5 Å². The maximum atomic E-state index is 11.0. The Kier molecular flexibility index (Phi) is 1.69. The molecule has 78 valence electrons. The molecule has 1 heterocycles. The summed E-state index contributed by atoms with van der Waals surface area (Å²) in [6.45, 7) is 4.64. The lowest BCUT2D eigenvalue weighted by molar-refractivity contribution is -0.155. The molecule has 6 unspecified atom stereocenters. The van der Waals surface area contributed by atoms with Crippen LogP contribution in [0.5, 0.6) is 0 Å². The maximum Gasteiger partial charge on any atom is 0.303 e. The Hall–Kier alpha value is -0.570. The zero-order valence-corrected chi connectivity index (χ0v) is 8.60. The second-order valence-corrected chi connectivity index (χ2v) is 4.96. The molecule has 3 fully saturated rings. The smallest absolute Gasteiger partial charge is 0.303 e. The van der Waals surface area contributed by atoms with Gasteiger partial charge in [-0.25, -0.2) is 0 Å². The van der Waals surface area contributed by atoms with Gasteiger partial charge in [-0.2, -0.15) is 0 Å². The Morgan fingerprint density at radius 1 is 1.36 bits per heavy atom. The molecule has 3 heteroatoms. The van der Waals surface area contributed by atoms with Crippen molar-refractivity contribution >= 4 is 5.97 Å². The summed E-state index contributed by atoms with van der Waals surface area (Å²) in [5.74, 6) is 2.46. The van der Waals surface area contributed by atoms with Crippen LogP contribution in [0.2, 0.25) is 0 Å². The predicted octanol–water partition coefficient (Wildman–Crippen LogP) is 1.22. The van der Waals surface area contributed by atoms with E-state index in [0.29, 0.717) is 17.8 Å². The fourth-order valence-electron chi connectivity index (χ4n) is 3.77. The molecule has 3 nitrogen and oxygen atoms in total. The number of rotatable bonds is 1. The molecule has 0 amide bonds. The molecule has 2 saturated carbocycles. The van der Waals surface area contributed by atoms with E-state index >= 15 is 0 Å². The quantitative estimate of drug-likeness (QED) is 0.591. The minimum Gasteiger partial charge on any atom is -0.459 e. The number of carbonyl (C=O) groups is 1. The molecule has 14 heavy (non-hydrogen) atoms. The summed E-state index contributed by atoms with van der Waals surface area (Å²) in [6, 6.07) is 0. The van der Waals surface area contributed by atoms with E-state index in [4.69, 9.17) is 9.47 Å². The van der Waals surface area contributed by atoms with E-state index in [9.17, 15) is 4.79 Å². The number of esters is 1. The topological polar surface area (TPSA) is 35.5 Å². The number of fused-ring (bicyclic) bond motifs is 1. The summed E-state index contributed by atoms with van der Waals surface area (Å²) < 4.78 is 11.1. The Bertz CT molecular complexity index is 276. The van der Waals surface area contributed by atoms with Gasteiger partial charge >= 0.3 is 5.97 Å². The van der Waals surface area contributed by atoms with E-state index in [0.717, 1.165) is 12.5 Å². The van der Waals surface area contributed by atoms with E-state index in [2.05, 4.69) is 6.92 Å². The second kappa shape index (κ2) is 2.72. The first-order valence-corrected chi connectivity index (χ1v) is 5.47. The lowest BCUT2D eigenvalue weighted by Gasteiger charge is -2.30. The van der Waals surface area contributed by atoms with Crippen LogP contribution in [0.15, 0.2) is 0 Å².